The minimum Gasteiger partial charge on any atom is -0.466 e. The lowest BCUT2D eigenvalue weighted by atomic mass is 10.1. The fourth-order valence-electron chi connectivity index (χ4n) is 1.63. The van der Waals surface area contributed by atoms with Crippen LogP contribution in [0, 0.1) is 16.0 Å². The van der Waals surface area contributed by atoms with Gasteiger partial charge in [-0.15, -0.1) is 0 Å². The second kappa shape index (κ2) is 7.48. The molecule has 1 N–H and O–H groups in total. The molecule has 104 valence electrons. The number of nitro groups is 1. The number of carbonyl (C=O) groups is 1. The van der Waals surface area contributed by atoms with Crippen LogP contribution >= 0.6 is 0 Å². The van der Waals surface area contributed by atoms with Crippen molar-refractivity contribution in [3.05, 3.63) is 39.9 Å². The van der Waals surface area contributed by atoms with Crippen molar-refractivity contribution in [3.63, 3.8) is 0 Å². The molecule has 1 unspecified atom stereocenters. The van der Waals surface area contributed by atoms with E-state index >= 15 is 0 Å². The highest BCUT2D eigenvalue weighted by molar-refractivity contribution is 5.72. The molecule has 1 aromatic carbocycles. The maximum atomic E-state index is 11.4. The molecule has 0 radical (unpaired) electrons. The van der Waals surface area contributed by atoms with Crippen molar-refractivity contribution in [1.82, 2.24) is 5.32 Å². The van der Waals surface area contributed by atoms with E-state index in [4.69, 9.17) is 4.74 Å². The first-order valence-electron chi connectivity index (χ1n) is 6.16. The van der Waals surface area contributed by atoms with E-state index in [1.54, 1.807) is 32.0 Å². The number of nitrogens with zero attached hydrogens (tertiary/aromatic N) is 1. The quantitative estimate of drug-likeness (QED) is 0.463. The molecule has 6 nitrogen and oxygen atoms in total. The number of rotatable bonds is 7. The molecule has 0 aliphatic carbocycles. The van der Waals surface area contributed by atoms with Gasteiger partial charge in [-0.2, -0.15) is 0 Å². The molecule has 0 aromatic heterocycles. The van der Waals surface area contributed by atoms with Crippen LogP contribution in [0.25, 0.3) is 0 Å². The second-order valence-corrected chi connectivity index (χ2v) is 4.17. The molecular weight excluding hydrogens is 248 g/mol. The predicted molar refractivity (Wildman–Crippen MR) is 70.6 cm³/mol. The highest BCUT2D eigenvalue weighted by atomic mass is 16.6. The van der Waals surface area contributed by atoms with Gasteiger partial charge in [0.15, 0.2) is 0 Å². The van der Waals surface area contributed by atoms with Gasteiger partial charge in [0.25, 0.3) is 5.69 Å². The maximum Gasteiger partial charge on any atom is 0.309 e. The lowest BCUT2D eigenvalue weighted by Gasteiger charge is -2.11. The maximum absolute atomic E-state index is 11.4. The Kier molecular flexibility index (Phi) is 5.95. The number of carbonyl (C=O) groups excluding carboxylic acids is 1. The average molecular weight is 266 g/mol. The average Bonchev–Trinajstić information content (AvgIpc) is 2.39. The van der Waals surface area contributed by atoms with E-state index in [1.807, 2.05) is 0 Å². The summed E-state index contributed by atoms with van der Waals surface area (Å²) in [7, 11) is 0. The van der Waals surface area contributed by atoms with Gasteiger partial charge in [0, 0.05) is 24.7 Å². The van der Waals surface area contributed by atoms with E-state index in [2.05, 4.69) is 5.32 Å². The Balaban J connectivity index is 2.49. The molecule has 1 aromatic rings. The number of hydrogen-bond acceptors (Lipinski definition) is 5. The third-order valence-electron chi connectivity index (χ3n) is 2.64. The number of esters is 1. The number of hydrogen-bond donors (Lipinski definition) is 1. The highest BCUT2D eigenvalue weighted by Gasteiger charge is 2.15. The zero-order valence-corrected chi connectivity index (χ0v) is 11.1. The first kappa shape index (κ1) is 15.1. The molecular formula is C13H18N2O4. The Morgan fingerprint density at radius 1 is 1.47 bits per heavy atom. The van der Waals surface area contributed by atoms with Gasteiger partial charge in [-0.3, -0.25) is 14.9 Å². The number of nitro benzene ring substituents is 1. The van der Waals surface area contributed by atoms with Gasteiger partial charge >= 0.3 is 5.97 Å². The molecule has 0 fully saturated rings. The Morgan fingerprint density at radius 2 is 2.16 bits per heavy atom. The minimum atomic E-state index is -0.411. The topological polar surface area (TPSA) is 81.5 Å². The molecule has 1 rings (SSSR count). The van der Waals surface area contributed by atoms with Crippen molar-refractivity contribution < 1.29 is 14.5 Å². The van der Waals surface area contributed by atoms with Crippen molar-refractivity contribution >= 4 is 11.7 Å². The van der Waals surface area contributed by atoms with Gasteiger partial charge in [-0.25, -0.2) is 0 Å². The van der Waals surface area contributed by atoms with Gasteiger partial charge in [-0.1, -0.05) is 25.1 Å². The lowest BCUT2D eigenvalue weighted by molar-refractivity contribution is -0.385. The van der Waals surface area contributed by atoms with Gasteiger partial charge < -0.3 is 10.1 Å². The Hall–Kier alpha value is -1.95. The SMILES string of the molecule is CCOC(=O)C(C)CNCc1ccccc1[N+](=O)[O-]. The van der Waals surface area contributed by atoms with Crippen molar-refractivity contribution in [2.75, 3.05) is 13.2 Å². The van der Waals surface area contributed by atoms with Crippen LogP contribution < -0.4 is 5.32 Å². The molecule has 0 saturated carbocycles. The third kappa shape index (κ3) is 4.67. The smallest absolute Gasteiger partial charge is 0.309 e. The van der Waals surface area contributed by atoms with Gasteiger partial charge in [0.05, 0.1) is 17.4 Å². The monoisotopic (exact) mass is 266 g/mol. The lowest BCUT2D eigenvalue weighted by Crippen LogP contribution is -2.27. The summed E-state index contributed by atoms with van der Waals surface area (Å²) in [5, 5.41) is 13.8. The van der Waals surface area contributed by atoms with Crippen LogP contribution in [0.15, 0.2) is 24.3 Å². The largest absolute Gasteiger partial charge is 0.466 e. The summed E-state index contributed by atoms with van der Waals surface area (Å²) >= 11 is 0. The number of ether oxygens (including phenoxy) is 1. The van der Waals surface area contributed by atoms with Crippen LogP contribution in [-0.2, 0) is 16.1 Å². The summed E-state index contributed by atoms with van der Waals surface area (Å²) < 4.78 is 4.88. The van der Waals surface area contributed by atoms with E-state index in [0.717, 1.165) is 0 Å². The van der Waals surface area contributed by atoms with Crippen LogP contribution in [0.4, 0.5) is 5.69 Å². The van der Waals surface area contributed by atoms with E-state index in [1.165, 1.54) is 6.07 Å². The molecule has 19 heavy (non-hydrogen) atoms. The predicted octanol–water partition coefficient (Wildman–Crippen LogP) is 1.88. The van der Waals surface area contributed by atoms with E-state index in [-0.39, 0.29) is 17.6 Å². The van der Waals surface area contributed by atoms with E-state index in [9.17, 15) is 14.9 Å². The molecule has 0 aliphatic heterocycles. The van der Waals surface area contributed by atoms with Gasteiger partial charge in [0.1, 0.15) is 0 Å². The summed E-state index contributed by atoms with van der Waals surface area (Å²) in [6, 6.07) is 6.54. The van der Waals surface area contributed by atoms with Crippen molar-refractivity contribution in [1.29, 1.82) is 0 Å². The Bertz CT molecular complexity index is 448. The number of benzene rings is 1. The van der Waals surface area contributed by atoms with Crippen molar-refractivity contribution in [2.24, 2.45) is 5.92 Å². The van der Waals surface area contributed by atoms with Crippen molar-refractivity contribution in [3.8, 4) is 0 Å². The molecule has 0 spiro atoms. The number of nitrogens with one attached hydrogen (secondary N) is 1. The standard InChI is InChI=1S/C13H18N2O4/c1-3-19-13(16)10(2)8-14-9-11-6-4-5-7-12(11)15(17)18/h4-7,10,14H,3,8-9H2,1-2H3. The first-order chi connectivity index (χ1) is 9.06. The molecule has 0 aliphatic rings. The van der Waals surface area contributed by atoms with Crippen LogP contribution in [0.3, 0.4) is 0 Å². The second-order valence-electron chi connectivity index (χ2n) is 4.17. The molecule has 1 atom stereocenters. The molecule has 6 heteroatoms. The highest BCUT2D eigenvalue weighted by Crippen LogP contribution is 2.17. The van der Waals surface area contributed by atoms with Crippen LogP contribution in [0.2, 0.25) is 0 Å². The molecule has 0 bridgehead atoms. The van der Waals surface area contributed by atoms with Crippen LogP contribution in [-0.4, -0.2) is 24.0 Å². The summed E-state index contributed by atoms with van der Waals surface area (Å²) in [5.74, 6) is -0.541. The van der Waals surface area contributed by atoms with Crippen LogP contribution in [0.1, 0.15) is 19.4 Å². The summed E-state index contributed by atoms with van der Waals surface area (Å²) in [5.41, 5.74) is 0.683. The molecule has 0 heterocycles. The summed E-state index contributed by atoms with van der Waals surface area (Å²) in [4.78, 5) is 21.8. The minimum absolute atomic E-state index is 0.0822. The summed E-state index contributed by atoms with van der Waals surface area (Å²) in [6.45, 7) is 4.63. The van der Waals surface area contributed by atoms with Gasteiger partial charge in [-0.05, 0) is 6.92 Å². The Labute approximate surface area is 111 Å². The van der Waals surface area contributed by atoms with Crippen molar-refractivity contribution in [2.45, 2.75) is 20.4 Å². The number of para-hydroxylation sites is 1. The van der Waals surface area contributed by atoms with Gasteiger partial charge in [0.2, 0.25) is 0 Å². The molecule has 0 amide bonds. The zero-order valence-electron chi connectivity index (χ0n) is 11.1. The normalized spacial score (nSPS) is 11.9. The third-order valence-corrected chi connectivity index (χ3v) is 2.64. The van der Waals surface area contributed by atoms with E-state index in [0.29, 0.717) is 25.3 Å². The van der Waals surface area contributed by atoms with Crippen LogP contribution in [0.5, 0.6) is 0 Å². The zero-order chi connectivity index (χ0) is 14.3. The fourth-order valence-corrected chi connectivity index (χ4v) is 1.63. The fraction of sp³-hybridized carbons (Fsp3) is 0.462. The van der Waals surface area contributed by atoms with E-state index < -0.39 is 4.92 Å². The molecule has 0 saturated heterocycles. The summed E-state index contributed by atoms with van der Waals surface area (Å²) in [6.07, 6.45) is 0. The first-order valence-corrected chi connectivity index (χ1v) is 6.16. The Morgan fingerprint density at radius 3 is 2.79 bits per heavy atom.